The molecule has 1 aromatic rings. The SMILES string of the molecule is CC(=O)c1ccn(C(C)=O)c1. The molecule has 0 spiro atoms. The Morgan fingerprint density at radius 2 is 2.00 bits per heavy atom. The van der Waals surface area contributed by atoms with E-state index < -0.39 is 0 Å². The highest BCUT2D eigenvalue weighted by Crippen LogP contribution is 2.01. The first-order valence-corrected chi connectivity index (χ1v) is 3.31. The molecule has 0 amide bonds. The van der Waals surface area contributed by atoms with Gasteiger partial charge in [-0.1, -0.05) is 0 Å². The van der Waals surface area contributed by atoms with Crippen LogP contribution in [-0.2, 0) is 0 Å². The zero-order chi connectivity index (χ0) is 8.43. The van der Waals surface area contributed by atoms with E-state index in [2.05, 4.69) is 0 Å². The molecule has 0 aromatic carbocycles. The van der Waals surface area contributed by atoms with Gasteiger partial charge in [0.15, 0.2) is 5.78 Å². The summed E-state index contributed by atoms with van der Waals surface area (Å²) < 4.78 is 1.39. The second kappa shape index (κ2) is 2.70. The number of hydrogen-bond donors (Lipinski definition) is 0. The number of Topliss-reactive ketones (excluding diaryl/α,β-unsaturated/α-hetero) is 1. The number of nitrogens with zero attached hydrogens (tertiary/aromatic N) is 1. The first-order valence-electron chi connectivity index (χ1n) is 3.31. The number of carbonyl (C=O) groups is 2. The predicted octanol–water partition coefficient (Wildman–Crippen LogP) is 1.35. The zero-order valence-corrected chi connectivity index (χ0v) is 6.50. The summed E-state index contributed by atoms with van der Waals surface area (Å²) in [6, 6.07) is 1.63. The monoisotopic (exact) mass is 151 g/mol. The van der Waals surface area contributed by atoms with Crippen molar-refractivity contribution in [3.63, 3.8) is 0 Å². The minimum Gasteiger partial charge on any atom is -0.294 e. The van der Waals surface area contributed by atoms with Crippen LogP contribution in [-0.4, -0.2) is 16.3 Å². The Bertz CT molecular complexity index is 270. The number of carbonyl (C=O) groups excluding carboxylic acids is 2. The topological polar surface area (TPSA) is 39.1 Å². The molecule has 11 heavy (non-hydrogen) atoms. The standard InChI is InChI=1S/C8H9NO2/c1-6(10)8-3-4-9(5-8)7(2)11/h3-5H,1-2H3. The van der Waals surface area contributed by atoms with Crippen LogP contribution in [0.3, 0.4) is 0 Å². The summed E-state index contributed by atoms with van der Waals surface area (Å²) in [5.41, 5.74) is 0.570. The average molecular weight is 151 g/mol. The van der Waals surface area contributed by atoms with E-state index in [1.165, 1.54) is 24.6 Å². The maximum Gasteiger partial charge on any atom is 0.227 e. The van der Waals surface area contributed by atoms with Crippen LogP contribution < -0.4 is 0 Å². The van der Waals surface area contributed by atoms with Crippen LogP contribution in [0.5, 0.6) is 0 Å². The van der Waals surface area contributed by atoms with Crippen molar-refractivity contribution in [3.05, 3.63) is 24.0 Å². The molecule has 3 nitrogen and oxygen atoms in total. The summed E-state index contributed by atoms with van der Waals surface area (Å²) in [5, 5.41) is 0. The third kappa shape index (κ3) is 1.55. The molecule has 0 atom stereocenters. The van der Waals surface area contributed by atoms with Crippen LogP contribution in [0.2, 0.25) is 0 Å². The van der Waals surface area contributed by atoms with E-state index in [0.29, 0.717) is 5.56 Å². The fourth-order valence-corrected chi connectivity index (χ4v) is 0.801. The molecule has 0 aliphatic rings. The van der Waals surface area contributed by atoms with Gasteiger partial charge >= 0.3 is 0 Å². The summed E-state index contributed by atoms with van der Waals surface area (Å²) in [4.78, 5) is 21.5. The zero-order valence-electron chi connectivity index (χ0n) is 6.50. The number of rotatable bonds is 1. The summed E-state index contributed by atoms with van der Waals surface area (Å²) >= 11 is 0. The molecule has 3 heteroatoms. The van der Waals surface area contributed by atoms with Crippen molar-refractivity contribution in [2.75, 3.05) is 0 Å². The van der Waals surface area contributed by atoms with Gasteiger partial charge in [-0.25, -0.2) is 0 Å². The molecule has 0 bridgehead atoms. The Labute approximate surface area is 64.6 Å². The average Bonchev–Trinajstić information content (AvgIpc) is 2.33. The van der Waals surface area contributed by atoms with E-state index in [1.807, 2.05) is 0 Å². The van der Waals surface area contributed by atoms with E-state index in [0.717, 1.165) is 0 Å². The molecule has 0 aliphatic carbocycles. The maximum absolute atomic E-state index is 10.8. The van der Waals surface area contributed by atoms with Crippen LogP contribution in [0.25, 0.3) is 0 Å². The largest absolute Gasteiger partial charge is 0.294 e. The van der Waals surface area contributed by atoms with E-state index in [-0.39, 0.29) is 11.7 Å². The van der Waals surface area contributed by atoms with Gasteiger partial charge < -0.3 is 0 Å². The molecular weight excluding hydrogens is 142 g/mol. The van der Waals surface area contributed by atoms with Gasteiger partial charge in [-0.3, -0.25) is 14.2 Å². The summed E-state index contributed by atoms with van der Waals surface area (Å²) in [5.74, 6) is -0.109. The Balaban J connectivity index is 2.99. The highest BCUT2D eigenvalue weighted by Gasteiger charge is 2.02. The fourth-order valence-electron chi connectivity index (χ4n) is 0.801. The normalized spacial score (nSPS) is 9.64. The van der Waals surface area contributed by atoms with E-state index >= 15 is 0 Å². The lowest BCUT2D eigenvalue weighted by Crippen LogP contribution is -2.01. The molecule has 1 rings (SSSR count). The van der Waals surface area contributed by atoms with Gasteiger partial charge in [-0.2, -0.15) is 0 Å². The Hall–Kier alpha value is -1.38. The van der Waals surface area contributed by atoms with E-state index in [4.69, 9.17) is 0 Å². The second-order valence-electron chi connectivity index (χ2n) is 2.38. The molecule has 0 saturated carbocycles. The van der Waals surface area contributed by atoms with Crippen molar-refractivity contribution in [2.24, 2.45) is 0 Å². The lowest BCUT2D eigenvalue weighted by Gasteiger charge is -1.90. The minimum atomic E-state index is -0.0856. The van der Waals surface area contributed by atoms with Crippen molar-refractivity contribution in [1.29, 1.82) is 0 Å². The van der Waals surface area contributed by atoms with Gasteiger partial charge in [0.2, 0.25) is 5.91 Å². The summed E-state index contributed by atoms with van der Waals surface area (Å²) in [7, 11) is 0. The maximum atomic E-state index is 10.8. The van der Waals surface area contributed by atoms with Crippen LogP contribution in [0, 0.1) is 0 Å². The van der Waals surface area contributed by atoms with Crippen molar-refractivity contribution in [1.82, 2.24) is 4.57 Å². The Morgan fingerprint density at radius 1 is 1.36 bits per heavy atom. The van der Waals surface area contributed by atoms with Gasteiger partial charge in [0, 0.05) is 24.9 Å². The number of ketones is 1. The molecule has 1 aromatic heterocycles. The Morgan fingerprint density at radius 3 is 2.27 bits per heavy atom. The second-order valence-corrected chi connectivity index (χ2v) is 2.38. The van der Waals surface area contributed by atoms with Crippen molar-refractivity contribution >= 4 is 11.7 Å². The third-order valence-electron chi connectivity index (χ3n) is 1.46. The van der Waals surface area contributed by atoms with Crippen molar-refractivity contribution in [2.45, 2.75) is 13.8 Å². The van der Waals surface area contributed by atoms with Gasteiger partial charge in [0.05, 0.1) is 0 Å². The Kier molecular flexibility index (Phi) is 1.89. The van der Waals surface area contributed by atoms with Gasteiger partial charge in [-0.15, -0.1) is 0 Å². The molecule has 58 valence electrons. The van der Waals surface area contributed by atoms with Gasteiger partial charge in [-0.05, 0) is 13.0 Å². The van der Waals surface area contributed by atoms with Crippen LogP contribution >= 0.6 is 0 Å². The van der Waals surface area contributed by atoms with Gasteiger partial charge in [0.25, 0.3) is 0 Å². The molecule has 0 saturated heterocycles. The van der Waals surface area contributed by atoms with Crippen LogP contribution in [0.15, 0.2) is 18.5 Å². The molecule has 0 unspecified atom stereocenters. The highest BCUT2D eigenvalue weighted by molar-refractivity contribution is 5.94. The fraction of sp³-hybridized carbons (Fsp3) is 0.250. The summed E-state index contributed by atoms with van der Waals surface area (Å²) in [6.07, 6.45) is 3.11. The van der Waals surface area contributed by atoms with E-state index in [9.17, 15) is 9.59 Å². The van der Waals surface area contributed by atoms with Crippen LogP contribution in [0.1, 0.15) is 29.0 Å². The number of aromatic nitrogens is 1. The van der Waals surface area contributed by atoms with Gasteiger partial charge in [0.1, 0.15) is 0 Å². The molecular formula is C8H9NO2. The quantitative estimate of drug-likeness (QED) is 0.568. The molecule has 0 fully saturated rings. The van der Waals surface area contributed by atoms with Crippen molar-refractivity contribution in [3.8, 4) is 0 Å². The molecule has 0 radical (unpaired) electrons. The molecule has 0 N–H and O–H groups in total. The van der Waals surface area contributed by atoms with E-state index in [1.54, 1.807) is 12.3 Å². The predicted molar refractivity (Wildman–Crippen MR) is 40.7 cm³/mol. The smallest absolute Gasteiger partial charge is 0.227 e. The number of hydrogen-bond acceptors (Lipinski definition) is 2. The molecule has 1 heterocycles. The van der Waals surface area contributed by atoms with Crippen LogP contribution in [0.4, 0.5) is 0 Å². The highest BCUT2D eigenvalue weighted by atomic mass is 16.1. The lowest BCUT2D eigenvalue weighted by molar-refractivity contribution is 0.0937. The first kappa shape index (κ1) is 7.72. The van der Waals surface area contributed by atoms with Crippen molar-refractivity contribution < 1.29 is 9.59 Å². The third-order valence-corrected chi connectivity index (χ3v) is 1.46. The summed E-state index contributed by atoms with van der Waals surface area (Å²) in [6.45, 7) is 2.92. The minimum absolute atomic E-state index is 0.0231. The lowest BCUT2D eigenvalue weighted by atomic mass is 10.2. The molecule has 0 aliphatic heterocycles. The first-order chi connectivity index (χ1) is 5.11.